The molecule has 0 N–H and O–H groups in total. The van der Waals surface area contributed by atoms with Crippen LogP contribution in [0.15, 0.2) is 17.3 Å². The molecule has 15 heavy (non-hydrogen) atoms. The number of nitrogens with zero attached hydrogens (tertiary/aromatic N) is 2. The maximum Gasteiger partial charge on any atom is 0.264 e. The number of rotatable bonds is 3. The lowest BCUT2D eigenvalue weighted by Gasteiger charge is -2.06. The van der Waals surface area contributed by atoms with Gasteiger partial charge in [-0.25, -0.2) is 4.98 Å². The highest BCUT2D eigenvalue weighted by molar-refractivity contribution is 5.96. The first kappa shape index (κ1) is 10.1. The second-order valence-electron chi connectivity index (χ2n) is 4.27. The molecule has 4 heteroatoms. The molecule has 0 aromatic carbocycles. The Balaban J connectivity index is 2.44. The van der Waals surface area contributed by atoms with E-state index in [1.165, 1.54) is 12.5 Å². The molecule has 0 saturated heterocycles. The minimum atomic E-state index is -0.189. The second kappa shape index (κ2) is 3.61. The van der Waals surface area contributed by atoms with Crippen LogP contribution in [-0.4, -0.2) is 15.3 Å². The van der Waals surface area contributed by atoms with Crippen LogP contribution >= 0.6 is 0 Å². The SMILES string of the molecule is CC(C)C(=O)c1cncn(C2CC2)c1=O. The second-order valence-corrected chi connectivity index (χ2v) is 4.27. The maximum atomic E-state index is 11.9. The zero-order valence-electron chi connectivity index (χ0n) is 8.93. The fraction of sp³-hybridized carbons (Fsp3) is 0.545. The topological polar surface area (TPSA) is 52.0 Å². The largest absolute Gasteiger partial charge is 0.296 e. The van der Waals surface area contributed by atoms with Gasteiger partial charge in [-0.3, -0.25) is 14.2 Å². The molecule has 1 aromatic rings. The number of carbonyl (C=O) groups is 1. The van der Waals surface area contributed by atoms with Gasteiger partial charge in [0.25, 0.3) is 5.56 Å². The molecular formula is C11H14N2O2. The number of aromatic nitrogens is 2. The zero-order chi connectivity index (χ0) is 11.0. The van der Waals surface area contributed by atoms with Crippen LogP contribution in [0.2, 0.25) is 0 Å². The molecule has 4 nitrogen and oxygen atoms in total. The first-order chi connectivity index (χ1) is 7.11. The summed E-state index contributed by atoms with van der Waals surface area (Å²) in [5.74, 6) is -0.281. The van der Waals surface area contributed by atoms with E-state index in [4.69, 9.17) is 0 Å². The molecule has 0 unspecified atom stereocenters. The number of ketones is 1. The van der Waals surface area contributed by atoms with E-state index in [9.17, 15) is 9.59 Å². The van der Waals surface area contributed by atoms with Crippen molar-refractivity contribution in [2.45, 2.75) is 32.7 Å². The molecule has 1 aromatic heterocycles. The van der Waals surface area contributed by atoms with Gasteiger partial charge in [0.1, 0.15) is 5.56 Å². The number of carbonyl (C=O) groups excluding carboxylic acids is 1. The highest BCUT2D eigenvalue weighted by Gasteiger charge is 2.26. The van der Waals surface area contributed by atoms with Crippen LogP contribution in [0, 0.1) is 5.92 Å². The van der Waals surface area contributed by atoms with Crippen molar-refractivity contribution in [2.24, 2.45) is 5.92 Å². The van der Waals surface area contributed by atoms with E-state index in [1.54, 1.807) is 18.4 Å². The molecule has 1 aliphatic carbocycles. The predicted molar refractivity (Wildman–Crippen MR) is 55.9 cm³/mol. The minimum absolute atomic E-state index is 0.123. The monoisotopic (exact) mass is 206 g/mol. The lowest BCUT2D eigenvalue weighted by Crippen LogP contribution is -2.27. The van der Waals surface area contributed by atoms with E-state index in [1.807, 2.05) is 0 Å². The van der Waals surface area contributed by atoms with Crippen molar-refractivity contribution in [2.75, 3.05) is 0 Å². The van der Waals surface area contributed by atoms with Crippen LogP contribution in [0.25, 0.3) is 0 Å². The lowest BCUT2D eigenvalue weighted by atomic mass is 10.0. The quantitative estimate of drug-likeness (QED) is 0.703. The van der Waals surface area contributed by atoms with Crippen molar-refractivity contribution in [3.63, 3.8) is 0 Å². The third-order valence-electron chi connectivity index (χ3n) is 2.59. The zero-order valence-corrected chi connectivity index (χ0v) is 8.93. The molecule has 1 aliphatic rings. The van der Waals surface area contributed by atoms with Gasteiger partial charge >= 0.3 is 0 Å². The van der Waals surface area contributed by atoms with Crippen LogP contribution in [0.5, 0.6) is 0 Å². The van der Waals surface area contributed by atoms with E-state index >= 15 is 0 Å². The molecule has 1 heterocycles. The van der Waals surface area contributed by atoms with Crippen LogP contribution in [0.1, 0.15) is 43.1 Å². The van der Waals surface area contributed by atoms with Crippen molar-refractivity contribution in [3.8, 4) is 0 Å². The normalized spacial score (nSPS) is 15.7. The Kier molecular flexibility index (Phi) is 2.42. The van der Waals surface area contributed by atoms with Gasteiger partial charge in [-0.2, -0.15) is 0 Å². The van der Waals surface area contributed by atoms with Gasteiger partial charge in [-0.15, -0.1) is 0 Å². The molecular weight excluding hydrogens is 192 g/mol. The average Bonchev–Trinajstić information content (AvgIpc) is 3.00. The van der Waals surface area contributed by atoms with Gasteiger partial charge in [-0.05, 0) is 12.8 Å². The molecule has 0 amide bonds. The molecule has 0 aliphatic heterocycles. The summed E-state index contributed by atoms with van der Waals surface area (Å²) in [4.78, 5) is 27.6. The van der Waals surface area contributed by atoms with Crippen molar-refractivity contribution < 1.29 is 4.79 Å². The summed E-state index contributed by atoms with van der Waals surface area (Å²) in [5, 5.41) is 0. The Morgan fingerprint density at radius 3 is 2.73 bits per heavy atom. The van der Waals surface area contributed by atoms with Crippen molar-refractivity contribution >= 4 is 5.78 Å². The summed E-state index contributed by atoms with van der Waals surface area (Å²) in [6, 6.07) is 0.268. The van der Waals surface area contributed by atoms with E-state index in [0.717, 1.165) is 12.8 Å². The molecule has 0 bridgehead atoms. The molecule has 0 radical (unpaired) electrons. The summed E-state index contributed by atoms with van der Waals surface area (Å²) in [6.45, 7) is 3.58. The summed E-state index contributed by atoms with van der Waals surface area (Å²) < 4.78 is 1.58. The Labute approximate surface area is 88.0 Å². The summed E-state index contributed by atoms with van der Waals surface area (Å²) in [5.41, 5.74) is 0.0330. The lowest BCUT2D eigenvalue weighted by molar-refractivity contribution is 0.0936. The molecule has 1 saturated carbocycles. The van der Waals surface area contributed by atoms with Crippen LogP contribution in [0.3, 0.4) is 0 Å². The van der Waals surface area contributed by atoms with Crippen LogP contribution in [-0.2, 0) is 0 Å². The van der Waals surface area contributed by atoms with Gasteiger partial charge in [0.15, 0.2) is 5.78 Å². The molecule has 2 rings (SSSR count). The van der Waals surface area contributed by atoms with E-state index < -0.39 is 0 Å². The smallest absolute Gasteiger partial charge is 0.264 e. The summed E-state index contributed by atoms with van der Waals surface area (Å²) >= 11 is 0. The van der Waals surface area contributed by atoms with Crippen molar-refractivity contribution in [3.05, 3.63) is 28.4 Å². The van der Waals surface area contributed by atoms with E-state index in [0.29, 0.717) is 0 Å². The molecule has 0 spiro atoms. The number of Topliss-reactive ketones (excluding diaryl/α,β-unsaturated/α-hetero) is 1. The first-order valence-electron chi connectivity index (χ1n) is 5.21. The average molecular weight is 206 g/mol. The van der Waals surface area contributed by atoms with E-state index in [2.05, 4.69) is 4.98 Å². The Morgan fingerprint density at radius 1 is 1.53 bits per heavy atom. The van der Waals surface area contributed by atoms with Gasteiger partial charge in [-0.1, -0.05) is 13.8 Å². The Bertz CT molecular complexity index is 444. The van der Waals surface area contributed by atoms with Gasteiger partial charge in [0.2, 0.25) is 0 Å². The molecule has 1 fully saturated rings. The number of hydrogen-bond donors (Lipinski definition) is 0. The minimum Gasteiger partial charge on any atom is -0.296 e. The highest BCUT2D eigenvalue weighted by atomic mass is 16.1. The Morgan fingerprint density at radius 2 is 2.20 bits per heavy atom. The third-order valence-corrected chi connectivity index (χ3v) is 2.59. The van der Waals surface area contributed by atoms with Crippen molar-refractivity contribution in [1.82, 2.24) is 9.55 Å². The maximum absolute atomic E-state index is 11.9. The fourth-order valence-corrected chi connectivity index (χ4v) is 1.52. The molecule has 0 atom stereocenters. The summed E-state index contributed by atoms with van der Waals surface area (Å²) in [7, 11) is 0. The van der Waals surface area contributed by atoms with Crippen LogP contribution in [0.4, 0.5) is 0 Å². The van der Waals surface area contributed by atoms with Gasteiger partial charge in [0, 0.05) is 18.2 Å². The highest BCUT2D eigenvalue weighted by Crippen LogP contribution is 2.32. The predicted octanol–water partition coefficient (Wildman–Crippen LogP) is 1.42. The molecule has 80 valence electrons. The summed E-state index contributed by atoms with van der Waals surface area (Å²) in [6.07, 6.45) is 4.93. The van der Waals surface area contributed by atoms with E-state index in [-0.39, 0.29) is 28.9 Å². The standard InChI is InChI=1S/C11H14N2O2/c1-7(2)10(14)9-5-12-6-13(11(9)15)8-3-4-8/h5-8H,3-4H2,1-2H3. The van der Waals surface area contributed by atoms with Crippen LogP contribution < -0.4 is 5.56 Å². The van der Waals surface area contributed by atoms with Crippen molar-refractivity contribution in [1.29, 1.82) is 0 Å². The van der Waals surface area contributed by atoms with Gasteiger partial charge < -0.3 is 0 Å². The first-order valence-corrected chi connectivity index (χ1v) is 5.21. The fourth-order valence-electron chi connectivity index (χ4n) is 1.52. The third kappa shape index (κ3) is 1.84. The van der Waals surface area contributed by atoms with Gasteiger partial charge in [0.05, 0.1) is 6.33 Å². The number of hydrogen-bond acceptors (Lipinski definition) is 3. The Hall–Kier alpha value is -1.45.